The lowest BCUT2D eigenvalue weighted by Gasteiger charge is -2.15. The van der Waals surface area contributed by atoms with E-state index in [0.717, 1.165) is 12.1 Å². The first-order valence-corrected chi connectivity index (χ1v) is 6.75. The summed E-state index contributed by atoms with van der Waals surface area (Å²) in [7, 11) is -3.65. The second kappa shape index (κ2) is 5.57. The molecule has 0 saturated heterocycles. The molecule has 2 atom stereocenters. The zero-order valence-corrected chi connectivity index (χ0v) is 10.5. The Kier molecular flexibility index (Phi) is 4.62. The van der Waals surface area contributed by atoms with Crippen LogP contribution in [0.2, 0.25) is 0 Å². The smallest absolute Gasteiger partial charge is 0.240 e. The van der Waals surface area contributed by atoms with Crippen LogP contribution in [-0.2, 0) is 10.0 Å². The van der Waals surface area contributed by atoms with E-state index in [1.54, 1.807) is 13.8 Å². The Labute approximate surface area is 101 Å². The van der Waals surface area contributed by atoms with Gasteiger partial charge in [-0.25, -0.2) is 17.5 Å². The molecule has 17 heavy (non-hydrogen) atoms. The normalized spacial score (nSPS) is 15.5. The molecule has 0 fully saturated rings. The van der Waals surface area contributed by atoms with E-state index in [-0.39, 0.29) is 10.9 Å². The molecular weight excluding hydrogens is 245 g/mol. The maximum Gasteiger partial charge on any atom is 0.240 e. The van der Waals surface area contributed by atoms with E-state index in [0.29, 0.717) is 6.42 Å². The van der Waals surface area contributed by atoms with Gasteiger partial charge in [-0.3, -0.25) is 0 Å². The maximum absolute atomic E-state index is 12.7. The topological polar surface area (TPSA) is 66.4 Å². The van der Waals surface area contributed by atoms with Gasteiger partial charge in [0.25, 0.3) is 0 Å². The summed E-state index contributed by atoms with van der Waals surface area (Å²) in [4.78, 5) is 0.0105. The predicted octanol–water partition coefficient (Wildman–Crippen LogP) is 1.26. The molecular formula is C11H16FNO3S. The summed E-state index contributed by atoms with van der Waals surface area (Å²) in [5, 5.41) is 9.14. The van der Waals surface area contributed by atoms with Gasteiger partial charge in [-0.05, 0) is 44.5 Å². The first kappa shape index (κ1) is 14.1. The summed E-state index contributed by atoms with van der Waals surface area (Å²) in [5.74, 6) is -0.485. The van der Waals surface area contributed by atoms with Gasteiger partial charge in [0.1, 0.15) is 5.82 Å². The quantitative estimate of drug-likeness (QED) is 0.838. The molecule has 0 aliphatic carbocycles. The Hall–Kier alpha value is -0.980. The summed E-state index contributed by atoms with van der Waals surface area (Å²) in [6.07, 6.45) is -0.263. The first-order chi connectivity index (χ1) is 7.81. The average Bonchev–Trinajstić information content (AvgIpc) is 2.15. The van der Waals surface area contributed by atoms with Crippen LogP contribution >= 0.6 is 0 Å². The van der Waals surface area contributed by atoms with E-state index in [4.69, 9.17) is 5.11 Å². The molecule has 0 amide bonds. The van der Waals surface area contributed by atoms with Gasteiger partial charge in [0.15, 0.2) is 0 Å². The van der Waals surface area contributed by atoms with Gasteiger partial charge in [-0.15, -0.1) is 0 Å². The number of aliphatic hydroxyl groups is 1. The summed E-state index contributed by atoms with van der Waals surface area (Å²) in [6.45, 7) is 3.25. The monoisotopic (exact) mass is 261 g/mol. The standard InChI is InChI=1S/C11H16FNO3S/c1-8(7-9(2)14)13-17(15,16)11-5-3-10(12)4-6-11/h3-6,8-9,13-14H,7H2,1-2H3. The van der Waals surface area contributed by atoms with Gasteiger partial charge in [0.2, 0.25) is 10.0 Å². The fourth-order valence-corrected chi connectivity index (χ4v) is 2.76. The minimum Gasteiger partial charge on any atom is -0.393 e. The molecule has 0 bridgehead atoms. The molecule has 0 aliphatic heterocycles. The van der Waals surface area contributed by atoms with Gasteiger partial charge in [-0.1, -0.05) is 0 Å². The molecule has 2 unspecified atom stereocenters. The van der Waals surface area contributed by atoms with Crippen LogP contribution in [0.4, 0.5) is 4.39 Å². The Morgan fingerprint density at radius 1 is 1.29 bits per heavy atom. The molecule has 2 N–H and O–H groups in total. The molecule has 1 aromatic carbocycles. The Balaban J connectivity index is 2.78. The number of sulfonamides is 1. The largest absolute Gasteiger partial charge is 0.393 e. The van der Waals surface area contributed by atoms with Crippen molar-refractivity contribution in [3.63, 3.8) is 0 Å². The second-order valence-electron chi connectivity index (χ2n) is 4.06. The van der Waals surface area contributed by atoms with Crippen LogP contribution in [0.5, 0.6) is 0 Å². The van der Waals surface area contributed by atoms with Crippen molar-refractivity contribution in [2.75, 3.05) is 0 Å². The Morgan fingerprint density at radius 2 is 1.82 bits per heavy atom. The summed E-state index contributed by atoms with van der Waals surface area (Å²) in [6, 6.07) is 4.20. The van der Waals surface area contributed by atoms with Crippen LogP contribution in [-0.4, -0.2) is 25.7 Å². The first-order valence-electron chi connectivity index (χ1n) is 5.27. The highest BCUT2D eigenvalue weighted by Crippen LogP contribution is 2.11. The number of aliphatic hydroxyl groups excluding tert-OH is 1. The number of rotatable bonds is 5. The van der Waals surface area contributed by atoms with Crippen LogP contribution < -0.4 is 4.72 Å². The number of halogens is 1. The third-order valence-corrected chi connectivity index (χ3v) is 3.78. The van der Waals surface area contributed by atoms with E-state index in [2.05, 4.69) is 4.72 Å². The maximum atomic E-state index is 12.7. The van der Waals surface area contributed by atoms with E-state index in [9.17, 15) is 12.8 Å². The van der Waals surface area contributed by atoms with Crippen molar-refractivity contribution >= 4 is 10.0 Å². The predicted molar refractivity (Wildman–Crippen MR) is 62.5 cm³/mol. The molecule has 0 heterocycles. The molecule has 96 valence electrons. The zero-order chi connectivity index (χ0) is 13.1. The molecule has 6 heteroatoms. The molecule has 1 rings (SSSR count). The molecule has 0 spiro atoms. The van der Waals surface area contributed by atoms with Gasteiger partial charge in [0.05, 0.1) is 11.0 Å². The van der Waals surface area contributed by atoms with Gasteiger partial charge in [0, 0.05) is 6.04 Å². The molecule has 0 aromatic heterocycles. The number of nitrogens with one attached hydrogen (secondary N) is 1. The van der Waals surface area contributed by atoms with E-state index >= 15 is 0 Å². The summed E-state index contributed by atoms with van der Waals surface area (Å²) in [5.41, 5.74) is 0. The number of benzene rings is 1. The van der Waals surface area contributed by atoms with Crippen LogP contribution in [0.25, 0.3) is 0 Å². The van der Waals surface area contributed by atoms with Crippen molar-refractivity contribution in [2.45, 2.75) is 37.3 Å². The van der Waals surface area contributed by atoms with Crippen molar-refractivity contribution in [1.29, 1.82) is 0 Å². The molecule has 0 aliphatic rings. The van der Waals surface area contributed by atoms with Crippen molar-refractivity contribution in [2.24, 2.45) is 0 Å². The molecule has 4 nitrogen and oxygen atoms in total. The summed E-state index contributed by atoms with van der Waals surface area (Å²) < 4.78 is 38.7. The lowest BCUT2D eigenvalue weighted by molar-refractivity contribution is 0.175. The van der Waals surface area contributed by atoms with Crippen LogP contribution in [0.15, 0.2) is 29.2 Å². The molecule has 0 saturated carbocycles. The average molecular weight is 261 g/mol. The van der Waals surface area contributed by atoms with E-state index < -0.39 is 21.9 Å². The van der Waals surface area contributed by atoms with E-state index in [1.807, 2.05) is 0 Å². The number of hydrogen-bond donors (Lipinski definition) is 2. The second-order valence-corrected chi connectivity index (χ2v) is 5.77. The third kappa shape index (κ3) is 4.41. The summed E-state index contributed by atoms with van der Waals surface area (Å²) >= 11 is 0. The third-order valence-electron chi connectivity index (χ3n) is 2.17. The van der Waals surface area contributed by atoms with Gasteiger partial charge >= 0.3 is 0 Å². The Bertz CT molecular complexity index is 456. The SMILES string of the molecule is CC(O)CC(C)NS(=O)(=O)c1ccc(F)cc1. The lowest BCUT2D eigenvalue weighted by atomic mass is 10.2. The van der Waals surface area contributed by atoms with Gasteiger partial charge in [-0.2, -0.15) is 0 Å². The highest BCUT2D eigenvalue weighted by atomic mass is 32.2. The molecule has 1 aromatic rings. The van der Waals surface area contributed by atoms with Crippen molar-refractivity contribution in [1.82, 2.24) is 4.72 Å². The molecule has 0 radical (unpaired) electrons. The van der Waals surface area contributed by atoms with Crippen molar-refractivity contribution in [3.05, 3.63) is 30.1 Å². The Morgan fingerprint density at radius 3 is 2.29 bits per heavy atom. The minimum absolute atomic E-state index is 0.0105. The van der Waals surface area contributed by atoms with Crippen LogP contribution in [0, 0.1) is 5.82 Å². The van der Waals surface area contributed by atoms with Crippen molar-refractivity contribution < 1.29 is 17.9 Å². The zero-order valence-electron chi connectivity index (χ0n) is 9.72. The lowest BCUT2D eigenvalue weighted by Crippen LogP contribution is -2.34. The highest BCUT2D eigenvalue weighted by molar-refractivity contribution is 7.89. The highest BCUT2D eigenvalue weighted by Gasteiger charge is 2.18. The van der Waals surface area contributed by atoms with Crippen LogP contribution in [0.3, 0.4) is 0 Å². The number of hydrogen-bond acceptors (Lipinski definition) is 3. The van der Waals surface area contributed by atoms with Crippen molar-refractivity contribution in [3.8, 4) is 0 Å². The van der Waals surface area contributed by atoms with E-state index in [1.165, 1.54) is 12.1 Å². The fourth-order valence-electron chi connectivity index (χ4n) is 1.51. The van der Waals surface area contributed by atoms with Gasteiger partial charge < -0.3 is 5.11 Å². The van der Waals surface area contributed by atoms with Crippen LogP contribution in [0.1, 0.15) is 20.3 Å². The fraction of sp³-hybridized carbons (Fsp3) is 0.455. The minimum atomic E-state index is -3.65.